The second-order valence-corrected chi connectivity index (χ2v) is 9.46. The minimum Gasteiger partial charge on any atom is -0.362 e. The molecule has 1 aliphatic carbocycles. The van der Waals surface area contributed by atoms with Gasteiger partial charge in [-0.2, -0.15) is 0 Å². The van der Waals surface area contributed by atoms with Crippen molar-refractivity contribution in [2.75, 3.05) is 7.05 Å². The highest BCUT2D eigenvalue weighted by Crippen LogP contribution is 2.36. The van der Waals surface area contributed by atoms with Crippen LogP contribution in [0.15, 0.2) is 60.8 Å². The zero-order chi connectivity index (χ0) is 24.7. The Morgan fingerprint density at radius 2 is 1.65 bits per heavy atom. The number of nitrogens with zero attached hydrogens (tertiary/aromatic N) is 1. The Hall–Kier alpha value is -3.08. The van der Waals surface area contributed by atoms with Crippen LogP contribution >= 0.6 is 0 Å². The lowest BCUT2D eigenvalue weighted by Gasteiger charge is -2.47. The van der Waals surface area contributed by atoms with Crippen molar-refractivity contribution < 1.29 is 9.59 Å². The van der Waals surface area contributed by atoms with Crippen LogP contribution < -0.4 is 10.6 Å². The largest absolute Gasteiger partial charge is 0.362 e. The number of piperazine rings is 1. The van der Waals surface area contributed by atoms with E-state index < -0.39 is 0 Å². The molecule has 34 heavy (non-hydrogen) atoms. The summed E-state index contributed by atoms with van der Waals surface area (Å²) in [6, 6.07) is 17.2. The van der Waals surface area contributed by atoms with Gasteiger partial charge in [-0.05, 0) is 48.3 Å². The second kappa shape index (κ2) is 11.9. The van der Waals surface area contributed by atoms with Crippen molar-refractivity contribution in [1.29, 1.82) is 0 Å². The van der Waals surface area contributed by atoms with Gasteiger partial charge in [0.05, 0.1) is 6.04 Å². The first kappa shape index (κ1) is 25.5. The van der Waals surface area contributed by atoms with Crippen LogP contribution in [0, 0.1) is 18.8 Å². The van der Waals surface area contributed by atoms with E-state index in [1.165, 1.54) is 22.3 Å². The van der Waals surface area contributed by atoms with Gasteiger partial charge in [0, 0.05) is 19.3 Å². The number of nitrogens with one attached hydrogen (secondary N) is 2. The van der Waals surface area contributed by atoms with Crippen LogP contribution in [-0.2, 0) is 29.0 Å². The van der Waals surface area contributed by atoms with Crippen molar-refractivity contribution in [3.8, 4) is 0 Å². The van der Waals surface area contributed by atoms with Gasteiger partial charge in [-0.25, -0.2) is 0 Å². The third kappa shape index (κ3) is 5.69. The van der Waals surface area contributed by atoms with Crippen LogP contribution in [0.25, 0.3) is 0 Å². The number of rotatable bonds is 7. The molecule has 1 heterocycles. The van der Waals surface area contributed by atoms with Crippen LogP contribution in [0.4, 0.5) is 0 Å². The molecule has 5 heteroatoms. The van der Waals surface area contributed by atoms with E-state index in [2.05, 4.69) is 91.4 Å². The number of fused-ring (bicyclic) bond motifs is 1. The molecule has 1 saturated heterocycles. The van der Waals surface area contributed by atoms with Crippen LogP contribution in [-0.4, -0.2) is 36.3 Å². The molecule has 0 radical (unpaired) electrons. The number of benzene rings is 2. The molecule has 2 aliphatic rings. The monoisotopic (exact) mass is 461 g/mol. The second-order valence-electron chi connectivity index (χ2n) is 9.46. The van der Waals surface area contributed by atoms with Gasteiger partial charge in [0.1, 0.15) is 6.04 Å². The Balaban J connectivity index is 0.000000751. The minimum atomic E-state index is -0.145. The molecule has 2 unspecified atom stereocenters. The maximum absolute atomic E-state index is 13.4. The fourth-order valence-electron chi connectivity index (χ4n) is 5.33. The van der Waals surface area contributed by atoms with Gasteiger partial charge in [-0.3, -0.25) is 9.59 Å². The van der Waals surface area contributed by atoms with Crippen LogP contribution in [0.5, 0.6) is 0 Å². The predicted molar refractivity (Wildman–Crippen MR) is 138 cm³/mol. The molecule has 2 atom stereocenters. The summed E-state index contributed by atoms with van der Waals surface area (Å²) in [6.45, 7) is 11.8. The molecule has 2 N–H and O–H groups in total. The van der Waals surface area contributed by atoms with E-state index in [-0.39, 0.29) is 18.0 Å². The molecule has 2 aromatic rings. The molecule has 5 nitrogen and oxygen atoms in total. The summed E-state index contributed by atoms with van der Waals surface area (Å²) in [5.41, 5.74) is 6.39. The Bertz CT molecular complexity index is 956. The van der Waals surface area contributed by atoms with Gasteiger partial charge >= 0.3 is 0 Å². The normalized spacial score (nSPS) is 19.9. The Morgan fingerprint density at radius 3 is 2.15 bits per heavy atom. The first-order valence-electron chi connectivity index (χ1n) is 12.4. The summed E-state index contributed by atoms with van der Waals surface area (Å²) >= 11 is 0. The number of aryl methyl sites for hydroxylation is 1. The molecule has 2 amide bonds. The maximum atomic E-state index is 13.4. The third-order valence-corrected chi connectivity index (χ3v) is 7.27. The van der Waals surface area contributed by atoms with Crippen molar-refractivity contribution in [2.24, 2.45) is 11.8 Å². The van der Waals surface area contributed by atoms with E-state index in [0.29, 0.717) is 18.2 Å². The number of carbonyl (C=O) groups excluding carboxylic acids is 2. The first-order chi connectivity index (χ1) is 16.4. The van der Waals surface area contributed by atoms with Crippen molar-refractivity contribution in [1.82, 2.24) is 15.5 Å². The smallest absolute Gasteiger partial charge is 0.243 e. The van der Waals surface area contributed by atoms with E-state index in [1.807, 2.05) is 0 Å². The Morgan fingerprint density at radius 1 is 1.09 bits per heavy atom. The van der Waals surface area contributed by atoms with Gasteiger partial charge in [0.25, 0.3) is 0 Å². The molecule has 182 valence electrons. The lowest BCUT2D eigenvalue weighted by molar-refractivity contribution is -0.132. The molecule has 0 saturated carbocycles. The summed E-state index contributed by atoms with van der Waals surface area (Å²) in [7, 11) is 1.56. The standard InChI is InChI=1S/C27H34N2O.C2H5NO/c1-5-21(6-2)26-27(30)28-25(24-15-22-9-7-8-10-23(22)16-24)19(4)29(26)17-20-13-11-18(3)12-14-20;1-3-2-4/h7-14,21,24-26H,4-6,15-17H2,1-3H3,(H,28,30);2H,1H3,(H,3,4). The number of hydrogen-bond donors (Lipinski definition) is 2. The van der Waals surface area contributed by atoms with Gasteiger partial charge in [0.15, 0.2) is 0 Å². The number of amides is 2. The van der Waals surface area contributed by atoms with Gasteiger partial charge in [0.2, 0.25) is 12.3 Å². The zero-order valence-corrected chi connectivity index (χ0v) is 21.0. The summed E-state index contributed by atoms with van der Waals surface area (Å²) < 4.78 is 0. The SMILES string of the molecule is C=C1C(C2Cc3ccccc3C2)NC(=O)C(C(CC)CC)N1Cc1ccc(C)cc1.CNC=O. The predicted octanol–water partition coefficient (Wildman–Crippen LogP) is 4.39. The zero-order valence-electron chi connectivity index (χ0n) is 21.0. The quantitative estimate of drug-likeness (QED) is 0.601. The summed E-state index contributed by atoms with van der Waals surface area (Å²) in [4.78, 5) is 24.8. The van der Waals surface area contributed by atoms with E-state index in [1.54, 1.807) is 7.05 Å². The van der Waals surface area contributed by atoms with Gasteiger partial charge < -0.3 is 15.5 Å². The first-order valence-corrected chi connectivity index (χ1v) is 12.4. The average Bonchev–Trinajstić information content (AvgIpc) is 3.29. The highest BCUT2D eigenvalue weighted by atomic mass is 16.2. The number of hydrogen-bond acceptors (Lipinski definition) is 3. The van der Waals surface area contributed by atoms with Crippen molar-refractivity contribution in [3.63, 3.8) is 0 Å². The van der Waals surface area contributed by atoms with E-state index in [9.17, 15) is 4.79 Å². The van der Waals surface area contributed by atoms with Crippen LogP contribution in [0.2, 0.25) is 0 Å². The third-order valence-electron chi connectivity index (χ3n) is 7.27. The summed E-state index contributed by atoms with van der Waals surface area (Å²) in [5.74, 6) is 0.875. The van der Waals surface area contributed by atoms with E-state index >= 15 is 0 Å². The molecular weight excluding hydrogens is 422 g/mol. The average molecular weight is 462 g/mol. The van der Waals surface area contributed by atoms with Crippen molar-refractivity contribution in [3.05, 3.63) is 83.1 Å². The van der Waals surface area contributed by atoms with Crippen molar-refractivity contribution in [2.45, 2.75) is 65.1 Å². The van der Waals surface area contributed by atoms with Crippen LogP contribution in [0.1, 0.15) is 48.9 Å². The van der Waals surface area contributed by atoms with Gasteiger partial charge in [-0.15, -0.1) is 0 Å². The fourth-order valence-corrected chi connectivity index (χ4v) is 5.33. The minimum absolute atomic E-state index is 0.000889. The molecule has 1 aliphatic heterocycles. The van der Waals surface area contributed by atoms with Gasteiger partial charge in [-0.1, -0.05) is 87.4 Å². The highest BCUT2D eigenvalue weighted by molar-refractivity contribution is 5.84. The maximum Gasteiger partial charge on any atom is 0.243 e. The number of carbonyl (C=O) groups is 2. The highest BCUT2D eigenvalue weighted by Gasteiger charge is 2.43. The van der Waals surface area contributed by atoms with Crippen molar-refractivity contribution >= 4 is 12.3 Å². The Labute approximate surface area is 204 Å². The molecule has 4 rings (SSSR count). The lowest BCUT2D eigenvalue weighted by atomic mass is 9.85. The summed E-state index contributed by atoms with van der Waals surface area (Å²) in [6.07, 6.45) is 4.62. The van der Waals surface area contributed by atoms with E-state index in [4.69, 9.17) is 4.79 Å². The topological polar surface area (TPSA) is 61.4 Å². The molecule has 0 aromatic heterocycles. The fraction of sp³-hybridized carbons (Fsp3) is 0.448. The Kier molecular flexibility index (Phi) is 8.91. The lowest BCUT2D eigenvalue weighted by Crippen LogP contribution is -2.62. The molecule has 1 fully saturated rings. The molecule has 0 spiro atoms. The summed E-state index contributed by atoms with van der Waals surface area (Å²) in [5, 5.41) is 5.64. The molecule has 2 aromatic carbocycles. The van der Waals surface area contributed by atoms with Crippen LogP contribution in [0.3, 0.4) is 0 Å². The molecular formula is C29H39N3O2. The van der Waals surface area contributed by atoms with E-state index in [0.717, 1.165) is 37.9 Å². The molecule has 0 bridgehead atoms.